The number of nitrogens with zero attached hydrogens (tertiary/aromatic N) is 2. The van der Waals surface area contributed by atoms with Crippen LogP contribution in [-0.2, 0) is 11.2 Å². The standard InChI is InChI=1S/C20H21F2N3O5/c1-19(2)8-12-4-3-11(7-14(12)30-19)16(27)23-15-5-6-25(18(28)24-15)17-20(21,22)9-13(10-26)29-17/h3-7,13,17,26H,8-10H2,1-2H3,(H,23,24,27,28). The zero-order valence-electron chi connectivity index (χ0n) is 16.4. The molecule has 1 saturated heterocycles. The van der Waals surface area contributed by atoms with Crippen LogP contribution in [0.5, 0.6) is 5.75 Å². The Hall–Kier alpha value is -2.85. The third-order valence-electron chi connectivity index (χ3n) is 5.04. The lowest BCUT2D eigenvalue weighted by molar-refractivity contribution is -0.120. The van der Waals surface area contributed by atoms with Gasteiger partial charge in [0.05, 0.1) is 12.7 Å². The Morgan fingerprint density at radius 3 is 2.80 bits per heavy atom. The Morgan fingerprint density at radius 2 is 2.13 bits per heavy atom. The molecular formula is C20H21F2N3O5. The van der Waals surface area contributed by atoms with Crippen LogP contribution in [0, 0.1) is 0 Å². The van der Waals surface area contributed by atoms with E-state index in [1.807, 2.05) is 19.9 Å². The normalized spacial score (nSPS) is 23.6. The highest BCUT2D eigenvalue weighted by molar-refractivity contribution is 6.04. The number of aliphatic hydroxyl groups excluding tert-OH is 1. The van der Waals surface area contributed by atoms with Gasteiger partial charge in [0.25, 0.3) is 11.8 Å². The van der Waals surface area contributed by atoms with Gasteiger partial charge in [-0.15, -0.1) is 0 Å². The van der Waals surface area contributed by atoms with Gasteiger partial charge in [0.2, 0.25) is 6.23 Å². The number of ether oxygens (including phenoxy) is 2. The van der Waals surface area contributed by atoms with Gasteiger partial charge in [-0.2, -0.15) is 4.98 Å². The van der Waals surface area contributed by atoms with Gasteiger partial charge in [0.15, 0.2) is 0 Å². The van der Waals surface area contributed by atoms with Crippen LogP contribution in [0.3, 0.4) is 0 Å². The maximum Gasteiger partial charge on any atom is 0.351 e. The van der Waals surface area contributed by atoms with Crippen molar-refractivity contribution in [2.24, 2.45) is 0 Å². The van der Waals surface area contributed by atoms with Crippen LogP contribution in [-0.4, -0.2) is 44.8 Å². The predicted octanol–water partition coefficient (Wildman–Crippen LogP) is 2.12. The topological polar surface area (TPSA) is 103 Å². The lowest BCUT2D eigenvalue weighted by Gasteiger charge is -2.19. The molecule has 2 aliphatic heterocycles. The average Bonchev–Trinajstić information content (AvgIpc) is 3.14. The summed E-state index contributed by atoms with van der Waals surface area (Å²) < 4.78 is 39.7. The summed E-state index contributed by atoms with van der Waals surface area (Å²) in [6.07, 6.45) is -1.82. The second-order valence-electron chi connectivity index (χ2n) is 8.08. The molecule has 0 spiro atoms. The van der Waals surface area contributed by atoms with Gasteiger partial charge >= 0.3 is 5.69 Å². The summed E-state index contributed by atoms with van der Waals surface area (Å²) >= 11 is 0. The predicted molar refractivity (Wildman–Crippen MR) is 102 cm³/mol. The van der Waals surface area contributed by atoms with E-state index in [1.54, 1.807) is 12.1 Å². The van der Waals surface area contributed by atoms with Gasteiger partial charge in [-0.25, -0.2) is 13.6 Å². The molecule has 2 unspecified atom stereocenters. The Labute approximate surface area is 170 Å². The summed E-state index contributed by atoms with van der Waals surface area (Å²) in [7, 11) is 0. The Balaban J connectivity index is 1.51. The van der Waals surface area contributed by atoms with Gasteiger partial charge in [0.1, 0.15) is 17.2 Å². The summed E-state index contributed by atoms with van der Waals surface area (Å²) in [5.74, 6) is -3.31. The zero-order chi connectivity index (χ0) is 21.7. The van der Waals surface area contributed by atoms with Crippen LogP contribution in [0.1, 0.15) is 42.4 Å². The molecule has 1 fully saturated rings. The number of nitrogens with one attached hydrogen (secondary N) is 1. The summed E-state index contributed by atoms with van der Waals surface area (Å²) in [4.78, 5) is 28.4. The molecule has 0 radical (unpaired) electrons. The van der Waals surface area contributed by atoms with Crippen molar-refractivity contribution < 1.29 is 28.2 Å². The van der Waals surface area contributed by atoms with Crippen LogP contribution in [0.15, 0.2) is 35.3 Å². The summed E-state index contributed by atoms with van der Waals surface area (Å²) in [6.45, 7) is 3.32. The number of hydrogen-bond acceptors (Lipinski definition) is 6. The first-order chi connectivity index (χ1) is 14.1. The van der Waals surface area contributed by atoms with E-state index in [1.165, 1.54) is 6.07 Å². The van der Waals surface area contributed by atoms with Crippen LogP contribution in [0.25, 0.3) is 0 Å². The van der Waals surface area contributed by atoms with E-state index >= 15 is 0 Å². The monoisotopic (exact) mass is 421 g/mol. The maximum atomic E-state index is 14.1. The zero-order valence-corrected chi connectivity index (χ0v) is 16.4. The quantitative estimate of drug-likeness (QED) is 0.784. The molecule has 0 saturated carbocycles. The van der Waals surface area contributed by atoms with Crippen molar-refractivity contribution in [3.8, 4) is 5.75 Å². The highest BCUT2D eigenvalue weighted by atomic mass is 19.3. The largest absolute Gasteiger partial charge is 0.487 e. The molecule has 160 valence electrons. The van der Waals surface area contributed by atoms with Crippen molar-refractivity contribution in [2.75, 3.05) is 11.9 Å². The van der Waals surface area contributed by atoms with Crippen LogP contribution >= 0.6 is 0 Å². The van der Waals surface area contributed by atoms with E-state index in [9.17, 15) is 18.4 Å². The number of carbonyl (C=O) groups is 1. The van der Waals surface area contributed by atoms with Crippen molar-refractivity contribution >= 4 is 11.7 Å². The van der Waals surface area contributed by atoms with E-state index in [0.717, 1.165) is 18.2 Å². The molecule has 10 heteroatoms. The minimum absolute atomic E-state index is 0.0805. The number of hydrogen-bond donors (Lipinski definition) is 2. The first-order valence-corrected chi connectivity index (χ1v) is 9.45. The fourth-order valence-corrected chi connectivity index (χ4v) is 3.69. The molecule has 30 heavy (non-hydrogen) atoms. The Morgan fingerprint density at radius 1 is 1.37 bits per heavy atom. The maximum absolute atomic E-state index is 14.1. The van der Waals surface area contributed by atoms with Gasteiger partial charge in [0, 0.05) is 24.6 Å². The molecule has 4 rings (SSSR count). The molecule has 8 nitrogen and oxygen atoms in total. The van der Waals surface area contributed by atoms with E-state index in [2.05, 4.69) is 10.3 Å². The van der Waals surface area contributed by atoms with Crippen LogP contribution in [0.2, 0.25) is 0 Å². The number of aromatic nitrogens is 2. The number of rotatable bonds is 4. The number of carbonyl (C=O) groups excluding carboxylic acids is 1. The van der Waals surface area contributed by atoms with E-state index < -0.39 is 42.9 Å². The van der Waals surface area contributed by atoms with Crippen LogP contribution < -0.4 is 15.7 Å². The fourth-order valence-electron chi connectivity index (χ4n) is 3.69. The first kappa shape index (κ1) is 20.4. The van der Waals surface area contributed by atoms with Crippen molar-refractivity contribution in [1.29, 1.82) is 0 Å². The molecule has 1 amide bonds. The van der Waals surface area contributed by atoms with E-state index in [4.69, 9.17) is 14.6 Å². The van der Waals surface area contributed by atoms with E-state index in [0.29, 0.717) is 15.9 Å². The molecule has 2 aliphatic rings. The number of anilines is 1. The minimum atomic E-state index is -3.33. The molecule has 2 N–H and O–H groups in total. The summed E-state index contributed by atoms with van der Waals surface area (Å²) in [6, 6.07) is 6.30. The molecule has 3 heterocycles. The molecule has 2 aromatic rings. The lowest BCUT2D eigenvalue weighted by atomic mass is 10.0. The number of alkyl halides is 2. The van der Waals surface area contributed by atoms with Crippen molar-refractivity contribution in [1.82, 2.24) is 9.55 Å². The second-order valence-corrected chi connectivity index (χ2v) is 8.08. The SMILES string of the molecule is CC1(C)Cc2ccc(C(=O)Nc3ccn(C4OC(CO)CC4(F)F)c(=O)n3)cc2O1. The summed E-state index contributed by atoms with van der Waals surface area (Å²) in [5.41, 5.74) is -0.0389. The summed E-state index contributed by atoms with van der Waals surface area (Å²) in [5, 5.41) is 11.5. The lowest BCUT2D eigenvalue weighted by Crippen LogP contribution is -2.35. The third-order valence-corrected chi connectivity index (χ3v) is 5.04. The average molecular weight is 421 g/mol. The van der Waals surface area contributed by atoms with Crippen molar-refractivity contribution in [3.05, 3.63) is 52.1 Å². The van der Waals surface area contributed by atoms with Crippen molar-refractivity contribution in [2.45, 2.75) is 50.5 Å². The molecular weight excluding hydrogens is 400 g/mol. The molecule has 1 aromatic heterocycles. The molecule has 0 aliphatic carbocycles. The van der Waals surface area contributed by atoms with E-state index in [-0.39, 0.29) is 11.4 Å². The number of benzene rings is 1. The number of amides is 1. The minimum Gasteiger partial charge on any atom is -0.487 e. The molecule has 0 bridgehead atoms. The number of aliphatic hydroxyl groups is 1. The number of fused-ring (bicyclic) bond motifs is 1. The Bertz CT molecular complexity index is 1050. The van der Waals surface area contributed by atoms with Gasteiger partial charge in [-0.05, 0) is 37.6 Å². The third kappa shape index (κ3) is 3.80. The first-order valence-electron chi connectivity index (χ1n) is 9.45. The van der Waals surface area contributed by atoms with Crippen LogP contribution in [0.4, 0.5) is 14.6 Å². The van der Waals surface area contributed by atoms with Gasteiger partial charge in [-0.3, -0.25) is 9.36 Å². The highest BCUT2D eigenvalue weighted by Crippen LogP contribution is 2.41. The Kier molecular flexibility index (Phi) is 4.86. The van der Waals surface area contributed by atoms with Gasteiger partial charge < -0.3 is 19.9 Å². The van der Waals surface area contributed by atoms with Crippen molar-refractivity contribution in [3.63, 3.8) is 0 Å². The molecule has 2 atom stereocenters. The number of halogens is 2. The molecule has 1 aromatic carbocycles. The smallest absolute Gasteiger partial charge is 0.351 e. The fraction of sp³-hybridized carbons (Fsp3) is 0.450. The second kappa shape index (κ2) is 7.13. The van der Waals surface area contributed by atoms with Gasteiger partial charge in [-0.1, -0.05) is 6.07 Å². The highest BCUT2D eigenvalue weighted by Gasteiger charge is 2.51.